The molecular formula is C12H12. The van der Waals surface area contributed by atoms with Crippen molar-refractivity contribution in [1.29, 1.82) is 0 Å². The lowest BCUT2D eigenvalue weighted by molar-refractivity contribution is 0.247. The summed E-state index contributed by atoms with van der Waals surface area (Å²) in [6.45, 7) is 2.46. The van der Waals surface area contributed by atoms with E-state index in [-0.39, 0.29) is 0 Å². The smallest absolute Gasteiger partial charge is 0.00324 e. The Morgan fingerprint density at radius 1 is 1.33 bits per heavy atom. The molecule has 0 aromatic heterocycles. The summed E-state index contributed by atoms with van der Waals surface area (Å²) in [7, 11) is 0. The third-order valence-corrected chi connectivity index (χ3v) is 4.50. The minimum absolute atomic E-state index is 0.603. The quantitative estimate of drug-likeness (QED) is 0.541. The molecule has 60 valence electrons. The van der Waals surface area contributed by atoms with Crippen LogP contribution in [0.2, 0.25) is 0 Å². The van der Waals surface area contributed by atoms with E-state index >= 15 is 0 Å². The first kappa shape index (κ1) is 5.80. The Balaban J connectivity index is 2.08. The molecular weight excluding hydrogens is 144 g/mol. The van der Waals surface area contributed by atoms with Crippen LogP contribution in [0.1, 0.15) is 30.4 Å². The van der Waals surface area contributed by atoms with Gasteiger partial charge < -0.3 is 0 Å². The SMILES string of the molecule is C[C@]12C[C@@H]3[C@H](c4ccccc41)[C@@H]32. The van der Waals surface area contributed by atoms with Crippen LogP contribution in [0.15, 0.2) is 24.3 Å². The molecule has 3 aliphatic rings. The monoisotopic (exact) mass is 156 g/mol. The van der Waals surface area contributed by atoms with E-state index in [1.54, 1.807) is 11.1 Å². The molecule has 0 spiro atoms. The van der Waals surface area contributed by atoms with Crippen LogP contribution in [-0.4, -0.2) is 0 Å². The average Bonchev–Trinajstić information content (AvgIpc) is 2.66. The normalized spacial score (nSPS) is 50.9. The van der Waals surface area contributed by atoms with Gasteiger partial charge in [-0.3, -0.25) is 0 Å². The molecule has 0 heteroatoms. The Hall–Kier alpha value is -0.780. The van der Waals surface area contributed by atoms with Gasteiger partial charge in [0.25, 0.3) is 0 Å². The molecule has 0 aliphatic heterocycles. The molecule has 1 aromatic rings. The topological polar surface area (TPSA) is 0 Å². The second-order valence-electron chi connectivity index (χ2n) is 4.92. The standard InChI is InChI=1S/C12H12/c1-12-6-8-10(11(8)12)7-4-2-3-5-9(7)12/h2-5,8,10-11H,6H2,1H3/t8-,10+,11-,12+/m1/s1. The number of benzene rings is 1. The summed E-state index contributed by atoms with van der Waals surface area (Å²) in [6.07, 6.45) is 1.47. The summed E-state index contributed by atoms with van der Waals surface area (Å²) in [4.78, 5) is 0. The molecule has 0 bridgehead atoms. The maximum absolute atomic E-state index is 2.46. The zero-order chi connectivity index (χ0) is 7.92. The number of fused-ring (bicyclic) bond motifs is 4. The number of rotatable bonds is 0. The lowest BCUT2D eigenvalue weighted by Crippen LogP contribution is -2.34. The zero-order valence-corrected chi connectivity index (χ0v) is 7.25. The third-order valence-electron chi connectivity index (χ3n) is 4.50. The summed E-state index contributed by atoms with van der Waals surface area (Å²) in [5, 5.41) is 0. The van der Waals surface area contributed by atoms with Crippen molar-refractivity contribution in [2.45, 2.75) is 24.7 Å². The van der Waals surface area contributed by atoms with E-state index in [2.05, 4.69) is 31.2 Å². The summed E-state index contributed by atoms with van der Waals surface area (Å²) in [5.41, 5.74) is 3.95. The van der Waals surface area contributed by atoms with Crippen molar-refractivity contribution in [2.24, 2.45) is 11.8 Å². The van der Waals surface area contributed by atoms with Gasteiger partial charge in [-0.15, -0.1) is 0 Å². The number of hydrogen-bond donors (Lipinski definition) is 0. The van der Waals surface area contributed by atoms with E-state index in [9.17, 15) is 0 Å². The third kappa shape index (κ3) is 0.367. The Bertz CT molecular complexity index is 379. The van der Waals surface area contributed by atoms with Crippen LogP contribution in [0.3, 0.4) is 0 Å². The van der Waals surface area contributed by atoms with E-state index in [1.165, 1.54) is 6.42 Å². The maximum Gasteiger partial charge on any atom is -0.00324 e. The lowest BCUT2D eigenvalue weighted by Gasteiger charge is -2.38. The van der Waals surface area contributed by atoms with Gasteiger partial charge in [0.15, 0.2) is 0 Å². The Kier molecular flexibility index (Phi) is 0.660. The fourth-order valence-corrected chi connectivity index (χ4v) is 3.98. The largest absolute Gasteiger partial charge is 0.0620 e. The Labute approximate surface area is 72.6 Å². The van der Waals surface area contributed by atoms with Crippen LogP contribution in [0, 0.1) is 11.8 Å². The molecule has 0 amide bonds. The highest BCUT2D eigenvalue weighted by Crippen LogP contribution is 2.81. The summed E-state index contributed by atoms with van der Waals surface area (Å²) in [6, 6.07) is 9.08. The van der Waals surface area contributed by atoms with Crippen LogP contribution in [0.25, 0.3) is 0 Å². The van der Waals surface area contributed by atoms with Gasteiger partial charge in [0, 0.05) is 0 Å². The molecule has 12 heavy (non-hydrogen) atoms. The first-order valence-corrected chi connectivity index (χ1v) is 4.92. The van der Waals surface area contributed by atoms with Crippen molar-refractivity contribution in [1.82, 2.24) is 0 Å². The van der Waals surface area contributed by atoms with E-state index in [1.807, 2.05) is 0 Å². The molecule has 0 heterocycles. The summed E-state index contributed by atoms with van der Waals surface area (Å²) >= 11 is 0. The van der Waals surface area contributed by atoms with E-state index in [0.717, 1.165) is 17.8 Å². The van der Waals surface area contributed by atoms with Crippen LogP contribution < -0.4 is 0 Å². The second-order valence-corrected chi connectivity index (χ2v) is 4.92. The van der Waals surface area contributed by atoms with Crippen molar-refractivity contribution in [3.8, 4) is 0 Å². The van der Waals surface area contributed by atoms with Crippen molar-refractivity contribution in [2.75, 3.05) is 0 Å². The van der Waals surface area contributed by atoms with E-state index < -0.39 is 0 Å². The summed E-state index contributed by atoms with van der Waals surface area (Å²) in [5.74, 6) is 3.12. The minimum atomic E-state index is 0.603. The van der Waals surface area contributed by atoms with Gasteiger partial charge in [-0.2, -0.15) is 0 Å². The van der Waals surface area contributed by atoms with Gasteiger partial charge >= 0.3 is 0 Å². The molecule has 2 fully saturated rings. The molecule has 0 nitrogen and oxygen atoms in total. The first-order valence-electron chi connectivity index (χ1n) is 4.92. The molecule has 0 unspecified atom stereocenters. The Morgan fingerprint density at radius 3 is 3.00 bits per heavy atom. The first-order chi connectivity index (χ1) is 5.82. The highest BCUT2D eigenvalue weighted by atomic mass is 14.8. The van der Waals surface area contributed by atoms with Gasteiger partial charge in [0.1, 0.15) is 0 Å². The number of hydrogen-bond acceptors (Lipinski definition) is 0. The van der Waals surface area contributed by atoms with Crippen LogP contribution in [0.4, 0.5) is 0 Å². The highest BCUT2D eigenvalue weighted by molar-refractivity contribution is 5.55. The van der Waals surface area contributed by atoms with Crippen LogP contribution in [-0.2, 0) is 5.41 Å². The summed E-state index contributed by atoms with van der Waals surface area (Å²) < 4.78 is 0. The van der Waals surface area contributed by atoms with Crippen molar-refractivity contribution >= 4 is 0 Å². The Morgan fingerprint density at radius 2 is 2.17 bits per heavy atom. The molecule has 0 N–H and O–H groups in total. The highest BCUT2D eigenvalue weighted by Gasteiger charge is 2.74. The van der Waals surface area contributed by atoms with Crippen molar-refractivity contribution in [3.63, 3.8) is 0 Å². The van der Waals surface area contributed by atoms with Gasteiger partial charge in [-0.1, -0.05) is 31.2 Å². The predicted octanol–water partition coefficient (Wildman–Crippen LogP) is 2.69. The molecule has 2 saturated carbocycles. The van der Waals surface area contributed by atoms with Gasteiger partial charge in [-0.05, 0) is 40.7 Å². The second kappa shape index (κ2) is 1.37. The molecule has 4 rings (SSSR count). The maximum atomic E-state index is 2.46. The van der Waals surface area contributed by atoms with Crippen molar-refractivity contribution < 1.29 is 0 Å². The van der Waals surface area contributed by atoms with E-state index in [0.29, 0.717) is 5.41 Å². The molecule has 4 atom stereocenters. The molecule has 3 aliphatic carbocycles. The van der Waals surface area contributed by atoms with Crippen molar-refractivity contribution in [3.05, 3.63) is 35.4 Å². The van der Waals surface area contributed by atoms with Gasteiger partial charge in [-0.25, -0.2) is 0 Å². The molecule has 1 aromatic carbocycles. The van der Waals surface area contributed by atoms with Crippen LogP contribution >= 0.6 is 0 Å². The van der Waals surface area contributed by atoms with Gasteiger partial charge in [0.2, 0.25) is 0 Å². The molecule has 0 radical (unpaired) electrons. The molecule has 0 saturated heterocycles. The average molecular weight is 156 g/mol. The zero-order valence-electron chi connectivity index (χ0n) is 7.25. The minimum Gasteiger partial charge on any atom is -0.0620 e. The lowest BCUT2D eigenvalue weighted by atomic mass is 9.65. The fraction of sp³-hybridized carbons (Fsp3) is 0.500. The van der Waals surface area contributed by atoms with E-state index in [4.69, 9.17) is 0 Å². The predicted molar refractivity (Wildman–Crippen MR) is 48.1 cm³/mol. The van der Waals surface area contributed by atoms with Gasteiger partial charge in [0.05, 0.1) is 0 Å². The fourth-order valence-electron chi connectivity index (χ4n) is 3.98. The van der Waals surface area contributed by atoms with Crippen LogP contribution in [0.5, 0.6) is 0 Å².